The Morgan fingerprint density at radius 3 is 1.06 bits per heavy atom. The molecule has 0 aromatic heterocycles. The molecule has 0 aromatic carbocycles. The van der Waals surface area contributed by atoms with Crippen molar-refractivity contribution < 1.29 is 39.8 Å². The van der Waals surface area contributed by atoms with Crippen LogP contribution in [0.4, 0.5) is 0 Å². The van der Waals surface area contributed by atoms with Crippen LogP contribution in [-0.2, 0) is 39.8 Å². The number of rotatable bonds is 1. The number of hydrogen-bond donors (Lipinski definition) is 0. The second kappa shape index (κ2) is 60.6. The smallest absolute Gasteiger partial charge is 0.0319 e. The molecule has 0 amide bonds. The third-order valence-electron chi connectivity index (χ3n) is 1.45. The largest absolute Gasteiger partial charge is 0.417 e. The molecule has 1 aliphatic rings. The van der Waals surface area contributed by atoms with Gasteiger partial charge in [-0.05, 0) is 0 Å². The van der Waals surface area contributed by atoms with E-state index in [-0.39, 0.29) is 21.1 Å². The van der Waals surface area contributed by atoms with E-state index in [1.54, 1.807) is 7.11 Å². The summed E-state index contributed by atoms with van der Waals surface area (Å²) in [6, 6.07) is 0. The molecule has 0 radical (unpaired) electrons. The zero-order valence-electron chi connectivity index (χ0n) is 9.49. The number of methoxy groups -OCH3 is 1. The molecule has 1 fully saturated rings. The summed E-state index contributed by atoms with van der Waals surface area (Å²) in [6.45, 7) is 17.5. The summed E-state index contributed by atoms with van der Waals surface area (Å²) in [5.41, 5.74) is 0. The summed E-state index contributed by atoms with van der Waals surface area (Å²) in [5, 5.41) is 0. The Hall–Kier alpha value is -0.132. The molecule has 1 saturated carbocycles. The van der Waals surface area contributed by atoms with Crippen LogP contribution in [0.3, 0.4) is 0 Å². The Morgan fingerprint density at radius 1 is 0.875 bits per heavy atom. The molecular formula is C11H17MoO4-. The van der Waals surface area contributed by atoms with Gasteiger partial charge in [-0.3, -0.25) is 0 Å². The van der Waals surface area contributed by atoms with Crippen molar-refractivity contribution in [2.45, 2.75) is 32.1 Å². The molecule has 1 rings (SSSR count). The fourth-order valence-electron chi connectivity index (χ4n) is 0.884. The van der Waals surface area contributed by atoms with Crippen molar-refractivity contribution in [2.75, 3.05) is 13.7 Å². The first-order valence-corrected chi connectivity index (χ1v) is 4.31. The summed E-state index contributed by atoms with van der Waals surface area (Å²) in [7, 11) is 1.62. The van der Waals surface area contributed by atoms with Crippen molar-refractivity contribution in [1.82, 2.24) is 0 Å². The minimum absolute atomic E-state index is 0. The number of hydrogen-bond acceptors (Lipinski definition) is 1. The van der Waals surface area contributed by atoms with Crippen molar-refractivity contribution >= 4 is 0 Å². The van der Waals surface area contributed by atoms with Crippen LogP contribution < -0.4 is 0 Å². The van der Waals surface area contributed by atoms with Crippen molar-refractivity contribution in [3.63, 3.8) is 0 Å². The molecule has 0 spiro atoms. The Bertz CT molecular complexity index is 104. The predicted octanol–water partition coefficient (Wildman–Crippen LogP) is 2.30. The first kappa shape index (κ1) is 29.7. The molecule has 0 bridgehead atoms. The van der Waals surface area contributed by atoms with Gasteiger partial charge in [0.1, 0.15) is 0 Å². The van der Waals surface area contributed by atoms with Crippen LogP contribution in [0.15, 0.2) is 0 Å². The molecule has 16 heavy (non-hydrogen) atoms. The van der Waals surface area contributed by atoms with Crippen LogP contribution >= 0.6 is 0 Å². The maximum Gasteiger partial charge on any atom is 0.0319 e. The van der Waals surface area contributed by atoms with E-state index in [1.807, 2.05) is 0 Å². The summed E-state index contributed by atoms with van der Waals surface area (Å²) in [5.74, 6) is 0. The molecule has 0 aromatic rings. The quantitative estimate of drug-likeness (QED) is 0.416. The molecule has 0 unspecified atom stereocenters. The van der Waals surface area contributed by atoms with Crippen molar-refractivity contribution in [3.8, 4) is 0 Å². The summed E-state index contributed by atoms with van der Waals surface area (Å²) < 4.78 is 26.9. The van der Waals surface area contributed by atoms with E-state index >= 15 is 0 Å². The molecule has 0 heterocycles. The minimum atomic E-state index is 0. The van der Waals surface area contributed by atoms with Crippen LogP contribution in [0.5, 0.6) is 0 Å². The maximum atomic E-state index is 7.50. The normalized spacial score (nSPS) is 9.75. The zero-order valence-corrected chi connectivity index (χ0v) is 11.5. The molecule has 1 aliphatic carbocycles. The Morgan fingerprint density at radius 2 is 1.00 bits per heavy atom. The monoisotopic (exact) mass is 311 g/mol. The molecule has 0 N–H and O–H groups in total. The van der Waals surface area contributed by atoms with Gasteiger partial charge in [0.15, 0.2) is 0 Å². The summed E-state index contributed by atoms with van der Waals surface area (Å²) in [6.07, 6.45) is 7.50. The van der Waals surface area contributed by atoms with E-state index in [2.05, 4.69) is 31.6 Å². The Kier molecular flexibility index (Phi) is 113. The fourth-order valence-corrected chi connectivity index (χ4v) is 0.884. The van der Waals surface area contributed by atoms with Gasteiger partial charge in [-0.1, -0.05) is 38.7 Å². The van der Waals surface area contributed by atoms with E-state index in [0.29, 0.717) is 6.61 Å². The van der Waals surface area contributed by atoms with E-state index < -0.39 is 0 Å². The first-order valence-electron chi connectivity index (χ1n) is 4.31. The van der Waals surface area contributed by atoms with Crippen molar-refractivity contribution in [3.05, 3.63) is 26.9 Å². The van der Waals surface area contributed by atoms with Crippen LogP contribution in [0, 0.1) is 26.9 Å². The van der Waals surface area contributed by atoms with Gasteiger partial charge in [-0.2, -0.15) is 0 Å². The van der Waals surface area contributed by atoms with Crippen molar-refractivity contribution in [1.29, 1.82) is 0 Å². The average Bonchev–Trinajstić information content (AvgIpc) is 2.95. The van der Waals surface area contributed by atoms with Gasteiger partial charge in [-0.15, -0.1) is 0 Å². The zero-order chi connectivity index (χ0) is 12.9. The van der Waals surface area contributed by atoms with E-state index in [4.69, 9.17) is 14.0 Å². The average molecular weight is 309 g/mol. The molecular weight excluding hydrogens is 292 g/mol. The van der Waals surface area contributed by atoms with Gasteiger partial charge in [0.25, 0.3) is 0 Å². The third-order valence-corrected chi connectivity index (χ3v) is 1.45. The Balaban J connectivity index is -0.0000000337. The summed E-state index contributed by atoms with van der Waals surface area (Å²) in [4.78, 5) is 0. The molecule has 0 aliphatic heterocycles. The first-order chi connectivity index (χ1) is 7.41. The summed E-state index contributed by atoms with van der Waals surface area (Å²) >= 11 is 0. The van der Waals surface area contributed by atoms with Crippen LogP contribution in [0.1, 0.15) is 32.1 Å². The van der Waals surface area contributed by atoms with E-state index in [9.17, 15) is 0 Å². The van der Waals surface area contributed by atoms with Gasteiger partial charge in [0, 0.05) is 28.2 Å². The van der Waals surface area contributed by atoms with E-state index in [1.165, 1.54) is 32.1 Å². The molecule has 0 atom stereocenters. The van der Waals surface area contributed by atoms with Crippen molar-refractivity contribution in [2.24, 2.45) is 0 Å². The van der Waals surface area contributed by atoms with Crippen LogP contribution in [0.25, 0.3) is 0 Å². The SMILES string of the molecule is C1CCCC1.[C-]#[O+].[C-]#[O+].[C-]#[O+].[CH2-]COC.[Mo]. The number of ether oxygens (including phenoxy) is 1. The molecule has 5 heteroatoms. The van der Waals surface area contributed by atoms with Gasteiger partial charge in [0.2, 0.25) is 0 Å². The van der Waals surface area contributed by atoms with Crippen LogP contribution in [-0.4, -0.2) is 13.7 Å². The molecule has 0 saturated heterocycles. The van der Waals surface area contributed by atoms with Gasteiger partial charge >= 0.3 is 33.9 Å². The van der Waals surface area contributed by atoms with Gasteiger partial charge in [0.05, 0.1) is 0 Å². The van der Waals surface area contributed by atoms with Gasteiger partial charge in [-0.25, -0.2) is 0 Å². The second-order valence-electron chi connectivity index (χ2n) is 2.26. The fraction of sp³-hybridized carbons (Fsp3) is 0.636. The van der Waals surface area contributed by atoms with E-state index in [0.717, 1.165) is 0 Å². The Labute approximate surface area is 113 Å². The standard InChI is InChI=1S/C5H10.C3H7O.3CO.Mo/c1-2-4-5-3-1;1-3-4-2;3*1-2;/h1-5H2;1,3H2,2H3;;;;/q;-1;;;;. The minimum Gasteiger partial charge on any atom is -0.417 e. The third kappa shape index (κ3) is 66.7. The molecule has 4 nitrogen and oxygen atoms in total. The predicted molar refractivity (Wildman–Crippen MR) is 52.1 cm³/mol. The topological polar surface area (TPSA) is 68.9 Å². The second-order valence-corrected chi connectivity index (χ2v) is 2.26. The van der Waals surface area contributed by atoms with Crippen LogP contribution in [0.2, 0.25) is 0 Å². The maximum absolute atomic E-state index is 7.50. The van der Waals surface area contributed by atoms with Gasteiger partial charge < -0.3 is 11.7 Å². The molecule has 92 valence electrons.